The first-order chi connectivity index (χ1) is 12.0. The van der Waals surface area contributed by atoms with Crippen LogP contribution >= 0.6 is 0 Å². The van der Waals surface area contributed by atoms with Crippen molar-refractivity contribution >= 4 is 5.91 Å². The molecule has 0 unspecified atom stereocenters. The third-order valence-electron chi connectivity index (χ3n) is 4.56. The van der Waals surface area contributed by atoms with Crippen LogP contribution in [-0.4, -0.2) is 58.1 Å². The second-order valence-corrected chi connectivity index (χ2v) is 6.64. The molecule has 0 radical (unpaired) electrons. The molecule has 25 heavy (non-hydrogen) atoms. The van der Waals surface area contributed by atoms with Gasteiger partial charge in [0, 0.05) is 13.0 Å². The van der Waals surface area contributed by atoms with E-state index >= 15 is 0 Å². The number of aryl methyl sites for hydroxylation is 2. The highest BCUT2D eigenvalue weighted by Crippen LogP contribution is 2.24. The van der Waals surface area contributed by atoms with Crippen molar-refractivity contribution in [1.29, 1.82) is 0 Å². The number of carbonyl (C=O) groups excluding carboxylic acids is 1. The van der Waals surface area contributed by atoms with Gasteiger partial charge in [0.05, 0.1) is 26.2 Å². The van der Waals surface area contributed by atoms with Crippen molar-refractivity contribution in [1.82, 2.24) is 15.2 Å². The van der Waals surface area contributed by atoms with Gasteiger partial charge in [0.2, 0.25) is 5.91 Å². The number of morpholine rings is 1. The van der Waals surface area contributed by atoms with Gasteiger partial charge in [0.15, 0.2) is 0 Å². The maximum Gasteiger partial charge on any atom is 0.228 e. The molecule has 0 saturated carbocycles. The Labute approximate surface area is 146 Å². The van der Waals surface area contributed by atoms with Gasteiger partial charge in [-0.1, -0.05) is 40.1 Å². The van der Waals surface area contributed by atoms with Gasteiger partial charge in [0.25, 0.3) is 0 Å². The number of ether oxygens (including phenoxy) is 1. The van der Waals surface area contributed by atoms with Crippen LogP contribution in [0.4, 0.5) is 0 Å². The molecule has 1 N–H and O–H groups in total. The molecule has 1 aromatic carbocycles. The monoisotopic (exact) mass is 345 g/mol. The van der Waals surface area contributed by atoms with E-state index in [2.05, 4.69) is 21.0 Å². The predicted molar refractivity (Wildman–Crippen MR) is 90.0 cm³/mol. The zero-order chi connectivity index (χ0) is 17.9. The van der Waals surface area contributed by atoms with Crippen LogP contribution in [0.3, 0.4) is 0 Å². The molecule has 7 nitrogen and oxygen atoms in total. The molecule has 1 aromatic heterocycles. The lowest BCUT2D eigenvalue weighted by Gasteiger charge is -2.42. The average molecular weight is 345 g/mol. The minimum absolute atomic E-state index is 0.0656. The topological polar surface area (TPSA) is 88.7 Å². The van der Waals surface area contributed by atoms with E-state index < -0.39 is 5.60 Å². The number of carbonyl (C=O) groups is 1. The smallest absolute Gasteiger partial charge is 0.228 e. The summed E-state index contributed by atoms with van der Waals surface area (Å²) in [5, 5.41) is 17.4. The summed E-state index contributed by atoms with van der Waals surface area (Å²) < 4.78 is 10.6. The minimum Gasteiger partial charge on any atom is -0.393 e. The third-order valence-corrected chi connectivity index (χ3v) is 4.56. The second-order valence-electron chi connectivity index (χ2n) is 6.64. The lowest BCUT2D eigenvalue weighted by atomic mass is 9.92. The lowest BCUT2D eigenvalue weighted by Crippen LogP contribution is -2.57. The Morgan fingerprint density at radius 2 is 2.20 bits per heavy atom. The molecule has 1 aliphatic heterocycles. The van der Waals surface area contributed by atoms with E-state index in [-0.39, 0.29) is 18.9 Å². The number of hydrogen-bond acceptors (Lipinski definition) is 6. The fraction of sp³-hybridized carbons (Fsp3) is 0.500. The first kappa shape index (κ1) is 17.6. The number of amides is 1. The van der Waals surface area contributed by atoms with Gasteiger partial charge in [-0.2, -0.15) is 0 Å². The van der Waals surface area contributed by atoms with Crippen LogP contribution in [0.5, 0.6) is 0 Å². The summed E-state index contributed by atoms with van der Waals surface area (Å²) in [5.41, 5.74) is 2.63. The van der Waals surface area contributed by atoms with Crippen molar-refractivity contribution in [2.24, 2.45) is 0 Å². The van der Waals surface area contributed by atoms with Crippen LogP contribution in [0.25, 0.3) is 0 Å². The van der Waals surface area contributed by atoms with Crippen molar-refractivity contribution in [3.63, 3.8) is 0 Å². The van der Waals surface area contributed by atoms with Crippen molar-refractivity contribution in [3.05, 3.63) is 46.8 Å². The van der Waals surface area contributed by atoms with Gasteiger partial charge in [-0.3, -0.25) is 4.79 Å². The van der Waals surface area contributed by atoms with Crippen LogP contribution in [0.1, 0.15) is 22.5 Å². The normalized spacial score (nSPS) is 20.7. The molecule has 1 aliphatic rings. The highest BCUT2D eigenvalue weighted by molar-refractivity contribution is 5.78. The SMILES string of the molecule is Cc1cccc(C[C@@]2(CO)CN(C(=O)Cc3nonc3C)CCO2)c1. The summed E-state index contributed by atoms with van der Waals surface area (Å²) >= 11 is 0. The third kappa shape index (κ3) is 4.05. The number of aliphatic hydroxyl groups excluding tert-OH is 1. The lowest BCUT2D eigenvalue weighted by molar-refractivity contribution is -0.157. The molecule has 1 atom stereocenters. The van der Waals surface area contributed by atoms with Gasteiger partial charge >= 0.3 is 0 Å². The molecule has 3 rings (SSSR count). The number of aromatic nitrogens is 2. The van der Waals surface area contributed by atoms with E-state index in [0.29, 0.717) is 37.5 Å². The number of benzene rings is 1. The molecule has 1 amide bonds. The van der Waals surface area contributed by atoms with E-state index in [1.54, 1.807) is 11.8 Å². The van der Waals surface area contributed by atoms with E-state index in [1.165, 1.54) is 0 Å². The quantitative estimate of drug-likeness (QED) is 0.872. The highest BCUT2D eigenvalue weighted by Gasteiger charge is 2.38. The largest absolute Gasteiger partial charge is 0.393 e. The fourth-order valence-electron chi connectivity index (χ4n) is 3.18. The molecule has 0 aliphatic carbocycles. The minimum atomic E-state index is -0.779. The van der Waals surface area contributed by atoms with Crippen molar-refractivity contribution in [3.8, 4) is 0 Å². The molecule has 1 saturated heterocycles. The Morgan fingerprint density at radius 3 is 2.88 bits per heavy atom. The maximum atomic E-state index is 12.6. The molecule has 7 heteroatoms. The molecule has 0 spiro atoms. The van der Waals surface area contributed by atoms with Gasteiger partial charge in [-0.25, -0.2) is 4.63 Å². The Bertz CT molecular complexity index is 745. The Morgan fingerprint density at radius 1 is 1.36 bits per heavy atom. The van der Waals surface area contributed by atoms with Crippen LogP contribution in [0.2, 0.25) is 0 Å². The summed E-state index contributed by atoms with van der Waals surface area (Å²) in [5.74, 6) is -0.0656. The zero-order valence-electron chi connectivity index (χ0n) is 14.6. The molecular weight excluding hydrogens is 322 g/mol. The summed E-state index contributed by atoms with van der Waals surface area (Å²) in [6.07, 6.45) is 0.695. The first-order valence-electron chi connectivity index (χ1n) is 8.37. The maximum absolute atomic E-state index is 12.6. The average Bonchev–Trinajstić information content (AvgIpc) is 3.00. The molecule has 0 bridgehead atoms. The van der Waals surface area contributed by atoms with E-state index in [0.717, 1.165) is 11.1 Å². The zero-order valence-corrected chi connectivity index (χ0v) is 14.6. The van der Waals surface area contributed by atoms with Crippen LogP contribution in [0.15, 0.2) is 28.9 Å². The Kier molecular flexibility index (Phi) is 5.15. The molecule has 134 valence electrons. The predicted octanol–water partition coefficient (Wildman–Crippen LogP) is 1.06. The van der Waals surface area contributed by atoms with Gasteiger partial charge in [-0.05, 0) is 19.4 Å². The van der Waals surface area contributed by atoms with E-state index in [1.807, 2.05) is 25.1 Å². The van der Waals surface area contributed by atoms with Gasteiger partial charge in [0.1, 0.15) is 17.0 Å². The van der Waals surface area contributed by atoms with Crippen LogP contribution < -0.4 is 0 Å². The molecule has 1 fully saturated rings. The van der Waals surface area contributed by atoms with Crippen LogP contribution in [-0.2, 0) is 22.4 Å². The first-order valence-corrected chi connectivity index (χ1v) is 8.37. The Hall–Kier alpha value is -2.25. The van der Waals surface area contributed by atoms with Crippen molar-refractivity contribution in [2.75, 3.05) is 26.3 Å². The summed E-state index contributed by atoms with van der Waals surface area (Å²) in [7, 11) is 0. The summed E-state index contributed by atoms with van der Waals surface area (Å²) in [4.78, 5) is 14.3. The Balaban J connectivity index is 1.71. The molecular formula is C18H23N3O4. The van der Waals surface area contributed by atoms with E-state index in [4.69, 9.17) is 4.74 Å². The summed E-state index contributed by atoms with van der Waals surface area (Å²) in [6.45, 7) is 4.89. The molecule has 2 aromatic rings. The number of rotatable bonds is 5. The number of nitrogens with zero attached hydrogens (tertiary/aromatic N) is 3. The summed E-state index contributed by atoms with van der Waals surface area (Å²) in [6, 6.07) is 8.10. The van der Waals surface area contributed by atoms with Crippen molar-refractivity contribution in [2.45, 2.75) is 32.3 Å². The number of hydrogen-bond donors (Lipinski definition) is 1. The van der Waals surface area contributed by atoms with Crippen molar-refractivity contribution < 1.29 is 19.3 Å². The standard InChI is InChI=1S/C18H23N3O4/c1-13-4-3-5-15(8-13)10-18(12-22)11-21(6-7-24-18)17(23)9-16-14(2)19-25-20-16/h3-5,8,22H,6-7,9-12H2,1-2H3/t18-/m0/s1. The second kappa shape index (κ2) is 7.33. The van der Waals surface area contributed by atoms with E-state index in [9.17, 15) is 9.90 Å². The van der Waals surface area contributed by atoms with Gasteiger partial charge in [-0.15, -0.1) is 0 Å². The van der Waals surface area contributed by atoms with Gasteiger partial charge < -0.3 is 14.7 Å². The van der Waals surface area contributed by atoms with Crippen LogP contribution in [0, 0.1) is 13.8 Å². The number of aliphatic hydroxyl groups is 1. The molecule has 2 heterocycles. The fourth-order valence-corrected chi connectivity index (χ4v) is 3.18. The highest BCUT2D eigenvalue weighted by atomic mass is 16.6.